The first-order chi connectivity index (χ1) is 19.4. The first kappa shape index (κ1) is 30.0. The number of alkyl halides is 3. The number of aromatic nitrogens is 4. The molecular formula is C31H36F3N5O2. The molecule has 3 aromatic heterocycles. The molecule has 0 aromatic carbocycles. The smallest absolute Gasteiger partial charge is 0.392 e. The fourth-order valence-electron chi connectivity index (χ4n) is 5.01. The summed E-state index contributed by atoms with van der Waals surface area (Å²) in [6, 6.07) is 3.89. The molecule has 0 amide bonds. The molecular weight excluding hydrogens is 531 g/mol. The maximum atomic E-state index is 12.9. The van der Waals surface area contributed by atoms with Gasteiger partial charge in [0.2, 0.25) is 0 Å². The Bertz CT molecular complexity index is 1500. The molecule has 1 aliphatic carbocycles. The lowest BCUT2D eigenvalue weighted by atomic mass is 9.80. The normalized spacial score (nSPS) is 15.5. The van der Waals surface area contributed by atoms with E-state index >= 15 is 0 Å². The molecule has 0 aliphatic heterocycles. The summed E-state index contributed by atoms with van der Waals surface area (Å²) in [5.74, 6) is 0.329. The van der Waals surface area contributed by atoms with Crippen LogP contribution in [0.5, 0.6) is 0 Å². The number of allylic oxidation sites excluding steroid dienone is 5. The zero-order valence-corrected chi connectivity index (χ0v) is 23.8. The molecule has 218 valence electrons. The number of hydrogen-bond acceptors (Lipinski definition) is 5. The molecule has 0 spiro atoms. The van der Waals surface area contributed by atoms with Crippen LogP contribution < -0.4 is 5.32 Å². The van der Waals surface area contributed by atoms with Gasteiger partial charge in [0.15, 0.2) is 17.3 Å². The first-order valence-electron chi connectivity index (χ1n) is 13.8. The van der Waals surface area contributed by atoms with E-state index in [2.05, 4.69) is 42.6 Å². The topological polar surface area (TPSA) is 92.9 Å². The highest BCUT2D eigenvalue weighted by molar-refractivity contribution is 5.99. The van der Waals surface area contributed by atoms with Crippen LogP contribution in [0.2, 0.25) is 0 Å². The van der Waals surface area contributed by atoms with Gasteiger partial charge >= 0.3 is 12.1 Å². The third-order valence-electron chi connectivity index (χ3n) is 7.58. The van der Waals surface area contributed by atoms with Gasteiger partial charge in [0.25, 0.3) is 0 Å². The Labute approximate surface area is 237 Å². The van der Waals surface area contributed by atoms with Crippen molar-refractivity contribution in [2.24, 2.45) is 5.92 Å². The number of carbonyl (C=O) groups is 1. The summed E-state index contributed by atoms with van der Waals surface area (Å²) < 4.78 is 40.6. The number of nitrogens with zero attached hydrogens (tertiary/aromatic N) is 4. The number of hydrogen-bond donors (Lipinski definition) is 2. The number of fused-ring (bicyclic) bond motifs is 1. The van der Waals surface area contributed by atoms with Crippen molar-refractivity contribution in [3.8, 4) is 11.5 Å². The van der Waals surface area contributed by atoms with Crippen LogP contribution in [0.4, 0.5) is 19.0 Å². The Kier molecular flexibility index (Phi) is 8.99. The second-order valence-electron chi connectivity index (χ2n) is 10.9. The van der Waals surface area contributed by atoms with Crippen molar-refractivity contribution in [2.45, 2.75) is 78.1 Å². The molecule has 0 radical (unpaired) electrons. The second-order valence-corrected chi connectivity index (χ2v) is 10.9. The lowest BCUT2D eigenvalue weighted by Crippen LogP contribution is -2.31. The fraction of sp³-hybridized carbons (Fsp3) is 0.419. The molecule has 0 unspecified atom stereocenters. The number of rotatable bonds is 11. The van der Waals surface area contributed by atoms with E-state index in [0.717, 1.165) is 30.9 Å². The number of carboxylic acids is 1. The minimum atomic E-state index is -4.33. The summed E-state index contributed by atoms with van der Waals surface area (Å²) in [7, 11) is 0. The summed E-state index contributed by atoms with van der Waals surface area (Å²) in [6.07, 6.45) is 5.28. The number of anilines is 1. The zero-order chi connectivity index (χ0) is 29.9. The Hall–Kier alpha value is -3.95. The van der Waals surface area contributed by atoms with Gasteiger partial charge in [-0.2, -0.15) is 13.2 Å². The minimum Gasteiger partial charge on any atom is -0.476 e. The van der Waals surface area contributed by atoms with Gasteiger partial charge in [0, 0.05) is 24.3 Å². The molecule has 1 aliphatic rings. The van der Waals surface area contributed by atoms with Gasteiger partial charge in [-0.25, -0.2) is 14.8 Å². The summed E-state index contributed by atoms with van der Waals surface area (Å²) in [5, 5.41) is 13.4. The molecule has 7 nitrogen and oxygen atoms in total. The van der Waals surface area contributed by atoms with Crippen LogP contribution in [0.3, 0.4) is 0 Å². The van der Waals surface area contributed by atoms with Gasteiger partial charge in [-0.1, -0.05) is 51.2 Å². The summed E-state index contributed by atoms with van der Waals surface area (Å²) >= 11 is 0. The molecule has 10 heteroatoms. The van der Waals surface area contributed by atoms with Crippen LogP contribution in [-0.2, 0) is 6.54 Å². The van der Waals surface area contributed by atoms with Gasteiger partial charge in [0.1, 0.15) is 11.2 Å². The molecule has 2 N–H and O–H groups in total. The molecule has 41 heavy (non-hydrogen) atoms. The molecule has 0 saturated heterocycles. The maximum Gasteiger partial charge on any atom is 0.392 e. The molecule has 3 heterocycles. The zero-order valence-electron chi connectivity index (χ0n) is 23.8. The summed E-state index contributed by atoms with van der Waals surface area (Å²) in [4.78, 5) is 26.2. The third-order valence-corrected chi connectivity index (χ3v) is 7.58. The molecule has 4 rings (SSSR count). The molecule has 1 fully saturated rings. The molecule has 0 bridgehead atoms. The van der Waals surface area contributed by atoms with E-state index in [1.807, 2.05) is 16.7 Å². The number of pyridine rings is 2. The Morgan fingerprint density at radius 1 is 1.27 bits per heavy atom. The number of aryl methyl sites for hydroxylation is 1. The largest absolute Gasteiger partial charge is 0.476 e. The van der Waals surface area contributed by atoms with Gasteiger partial charge in [-0.15, -0.1) is 0 Å². The van der Waals surface area contributed by atoms with E-state index in [1.54, 1.807) is 19.2 Å². The van der Waals surface area contributed by atoms with E-state index in [0.29, 0.717) is 45.4 Å². The highest BCUT2D eigenvalue weighted by Gasteiger charge is 2.29. The molecule has 1 saturated carbocycles. The van der Waals surface area contributed by atoms with Crippen molar-refractivity contribution < 1.29 is 23.1 Å². The fourth-order valence-corrected chi connectivity index (χ4v) is 5.01. The number of halogens is 3. The van der Waals surface area contributed by atoms with Gasteiger partial charge in [-0.05, 0) is 61.8 Å². The van der Waals surface area contributed by atoms with Crippen molar-refractivity contribution in [1.29, 1.82) is 0 Å². The number of nitrogens with one attached hydrogen (secondary N) is 1. The highest BCUT2D eigenvalue weighted by Crippen LogP contribution is 2.36. The highest BCUT2D eigenvalue weighted by atomic mass is 19.4. The van der Waals surface area contributed by atoms with Gasteiger partial charge < -0.3 is 15.0 Å². The van der Waals surface area contributed by atoms with Crippen LogP contribution in [0.15, 0.2) is 54.8 Å². The Morgan fingerprint density at radius 2 is 2.00 bits per heavy atom. The SMILES string of the molecule is C=C/C=C(\C=C/CC(F)(F)F)Cn1c(-c2cc(C(C)C)ccn2)nc2c(C)c(C(=O)O)nc(N[C@H](C)C3CCC3)c21. The van der Waals surface area contributed by atoms with E-state index in [9.17, 15) is 23.1 Å². The van der Waals surface area contributed by atoms with Crippen molar-refractivity contribution >= 4 is 22.8 Å². The van der Waals surface area contributed by atoms with E-state index in [1.165, 1.54) is 12.2 Å². The monoisotopic (exact) mass is 567 g/mol. The number of carboxylic acid groups (broad SMARTS) is 1. The lowest BCUT2D eigenvalue weighted by Gasteiger charge is -2.32. The van der Waals surface area contributed by atoms with Crippen molar-refractivity contribution in [2.75, 3.05) is 5.32 Å². The van der Waals surface area contributed by atoms with Crippen LogP contribution in [0.25, 0.3) is 22.6 Å². The minimum absolute atomic E-state index is 0.0351. The van der Waals surface area contributed by atoms with Crippen LogP contribution >= 0.6 is 0 Å². The standard InChI is InChI=1S/C31H36F3N5O2/c1-6-9-21(10-8-14-31(32,33)34)17-39-27-25(38-29(39)24-16-23(18(2)3)13-15-35-24)19(4)26(30(40)41)37-28(27)36-20(5)22-11-7-12-22/h6,8-10,13,15-16,18,20,22H,1,7,11-12,14,17H2,2-5H3,(H,36,37)(H,40,41)/b10-8-,21-9+/t20-/m1/s1. The third kappa shape index (κ3) is 6.86. The van der Waals surface area contributed by atoms with E-state index < -0.39 is 18.6 Å². The van der Waals surface area contributed by atoms with E-state index in [-0.39, 0.29) is 24.2 Å². The molecule has 3 aromatic rings. The maximum absolute atomic E-state index is 12.9. The van der Waals surface area contributed by atoms with Crippen LogP contribution in [-0.4, -0.2) is 42.8 Å². The van der Waals surface area contributed by atoms with E-state index in [4.69, 9.17) is 4.98 Å². The lowest BCUT2D eigenvalue weighted by molar-refractivity contribution is -0.125. The van der Waals surface area contributed by atoms with Gasteiger partial charge in [-0.3, -0.25) is 4.98 Å². The average molecular weight is 568 g/mol. The van der Waals surface area contributed by atoms with Crippen molar-refractivity contribution in [3.63, 3.8) is 0 Å². The number of aromatic carboxylic acids is 1. The first-order valence-corrected chi connectivity index (χ1v) is 13.8. The predicted molar refractivity (Wildman–Crippen MR) is 155 cm³/mol. The van der Waals surface area contributed by atoms with Crippen molar-refractivity contribution in [3.05, 3.63) is 71.6 Å². The average Bonchev–Trinajstić information content (AvgIpc) is 3.23. The second kappa shape index (κ2) is 12.3. The summed E-state index contributed by atoms with van der Waals surface area (Å²) in [5.41, 5.74) is 3.48. The quantitative estimate of drug-likeness (QED) is 0.229. The number of imidazole rings is 1. The van der Waals surface area contributed by atoms with Crippen LogP contribution in [0.1, 0.15) is 74.0 Å². The molecule has 1 atom stereocenters. The van der Waals surface area contributed by atoms with Gasteiger partial charge in [0.05, 0.1) is 11.9 Å². The Morgan fingerprint density at radius 3 is 2.59 bits per heavy atom. The van der Waals surface area contributed by atoms with Crippen LogP contribution in [0, 0.1) is 12.8 Å². The summed E-state index contributed by atoms with van der Waals surface area (Å²) in [6.45, 7) is 11.7. The van der Waals surface area contributed by atoms with Crippen molar-refractivity contribution in [1.82, 2.24) is 19.5 Å². The Balaban J connectivity index is 1.96. The predicted octanol–water partition coefficient (Wildman–Crippen LogP) is 7.84.